The predicted molar refractivity (Wildman–Crippen MR) is 121 cm³/mol. The lowest BCUT2D eigenvalue weighted by Crippen LogP contribution is -2.43. The molecule has 0 radical (unpaired) electrons. The minimum atomic E-state index is -0.264. The fraction of sp³-hybridized carbons (Fsp3) is 0.333. The monoisotopic (exact) mass is 420 g/mol. The Kier molecular flexibility index (Phi) is 7.11. The summed E-state index contributed by atoms with van der Waals surface area (Å²) >= 11 is 1.82. The lowest BCUT2D eigenvalue weighted by molar-refractivity contribution is 0.176. The van der Waals surface area contributed by atoms with E-state index in [1.807, 2.05) is 59.9 Å². The molecule has 2 aromatic heterocycles. The van der Waals surface area contributed by atoms with Crippen LogP contribution in [0.1, 0.15) is 35.0 Å². The first-order valence-electron chi connectivity index (χ1n) is 10.5. The first-order valence-corrected chi connectivity index (χ1v) is 11.4. The molecule has 0 aliphatic carbocycles. The number of carbonyl (C=O) groups excluding carboxylic acids is 1. The Morgan fingerprint density at radius 3 is 2.57 bits per heavy atom. The van der Waals surface area contributed by atoms with Crippen molar-refractivity contribution >= 4 is 17.4 Å². The van der Waals surface area contributed by atoms with Gasteiger partial charge in [-0.25, -0.2) is 4.79 Å². The Balaban J connectivity index is 1.27. The van der Waals surface area contributed by atoms with E-state index in [9.17, 15) is 4.79 Å². The standard InChI is InChI=1S/C24H28N4OS/c29-24(26-17-19-11-14-28(15-12-19)18-21-9-6-16-30-21)27-23(20-7-2-1-3-8-20)22-10-4-5-13-25-22/h1-10,13,16,19,23H,11-12,14-15,17-18H2,(H2,26,27,29). The molecule has 1 aliphatic heterocycles. The Bertz CT molecular complexity index is 854. The number of thiophene rings is 1. The highest BCUT2D eigenvalue weighted by atomic mass is 32.1. The van der Waals surface area contributed by atoms with Crippen LogP contribution in [0.3, 0.4) is 0 Å². The molecule has 0 bridgehead atoms. The maximum atomic E-state index is 12.7. The highest BCUT2D eigenvalue weighted by Gasteiger charge is 2.21. The van der Waals surface area contributed by atoms with Crippen molar-refractivity contribution in [3.05, 3.63) is 88.4 Å². The van der Waals surface area contributed by atoms with Crippen molar-refractivity contribution in [2.45, 2.75) is 25.4 Å². The number of nitrogens with one attached hydrogen (secondary N) is 2. The molecule has 2 amide bonds. The summed E-state index contributed by atoms with van der Waals surface area (Å²) in [5, 5.41) is 8.33. The SMILES string of the molecule is O=C(NCC1CCN(Cc2cccs2)CC1)NC(c1ccccc1)c1ccccn1. The summed E-state index contributed by atoms with van der Waals surface area (Å²) in [6.07, 6.45) is 4.00. The van der Waals surface area contributed by atoms with Crippen LogP contribution in [0.15, 0.2) is 72.2 Å². The molecule has 1 aromatic carbocycles. The van der Waals surface area contributed by atoms with Crippen molar-refractivity contribution in [2.75, 3.05) is 19.6 Å². The normalized spacial score (nSPS) is 16.1. The van der Waals surface area contributed by atoms with Gasteiger partial charge in [0.1, 0.15) is 0 Å². The Labute approximate surface area is 182 Å². The zero-order chi connectivity index (χ0) is 20.6. The number of rotatable bonds is 7. The number of likely N-dealkylation sites (tertiary alicyclic amines) is 1. The van der Waals surface area contributed by atoms with Gasteiger partial charge in [-0.3, -0.25) is 9.88 Å². The maximum Gasteiger partial charge on any atom is 0.315 e. The minimum Gasteiger partial charge on any atom is -0.338 e. The average Bonchev–Trinajstić information content (AvgIpc) is 3.31. The van der Waals surface area contributed by atoms with E-state index in [1.54, 1.807) is 6.20 Å². The molecule has 0 saturated carbocycles. The van der Waals surface area contributed by atoms with E-state index in [0.29, 0.717) is 12.5 Å². The van der Waals surface area contributed by atoms with E-state index < -0.39 is 0 Å². The van der Waals surface area contributed by atoms with Gasteiger partial charge >= 0.3 is 6.03 Å². The van der Waals surface area contributed by atoms with Crippen LogP contribution < -0.4 is 10.6 Å². The zero-order valence-corrected chi connectivity index (χ0v) is 17.9. The first-order chi connectivity index (χ1) is 14.8. The average molecular weight is 421 g/mol. The van der Waals surface area contributed by atoms with Gasteiger partial charge in [0, 0.05) is 24.2 Å². The molecule has 6 heteroatoms. The van der Waals surface area contributed by atoms with Crippen LogP contribution in [0, 0.1) is 5.92 Å². The second-order valence-corrected chi connectivity index (χ2v) is 8.78. The second-order valence-electron chi connectivity index (χ2n) is 7.75. The molecule has 1 saturated heterocycles. The Hall–Kier alpha value is -2.70. The molecule has 5 nitrogen and oxygen atoms in total. The van der Waals surface area contributed by atoms with Crippen molar-refractivity contribution in [1.29, 1.82) is 0 Å². The maximum absolute atomic E-state index is 12.7. The van der Waals surface area contributed by atoms with Crippen LogP contribution in [0.25, 0.3) is 0 Å². The molecule has 156 valence electrons. The van der Waals surface area contributed by atoms with Crippen LogP contribution in [-0.2, 0) is 6.54 Å². The van der Waals surface area contributed by atoms with Gasteiger partial charge in [0.2, 0.25) is 0 Å². The van der Waals surface area contributed by atoms with Crippen molar-refractivity contribution < 1.29 is 4.79 Å². The summed E-state index contributed by atoms with van der Waals surface area (Å²) in [6, 6.07) is 19.7. The van der Waals surface area contributed by atoms with Crippen molar-refractivity contribution in [2.24, 2.45) is 5.92 Å². The lowest BCUT2D eigenvalue weighted by Gasteiger charge is -2.31. The highest BCUT2D eigenvalue weighted by Crippen LogP contribution is 2.21. The number of hydrogen-bond acceptors (Lipinski definition) is 4. The number of aromatic nitrogens is 1. The van der Waals surface area contributed by atoms with Gasteiger partial charge in [0.05, 0.1) is 11.7 Å². The lowest BCUT2D eigenvalue weighted by atomic mass is 9.97. The molecule has 1 aliphatic rings. The number of piperidine rings is 1. The molecule has 1 fully saturated rings. The van der Waals surface area contributed by atoms with Crippen LogP contribution in [0.2, 0.25) is 0 Å². The summed E-state index contributed by atoms with van der Waals surface area (Å²) in [5.74, 6) is 0.528. The number of urea groups is 1. The smallest absolute Gasteiger partial charge is 0.315 e. The first kappa shape index (κ1) is 20.6. The number of pyridine rings is 1. The van der Waals surface area contributed by atoms with Gasteiger partial charge in [-0.1, -0.05) is 42.5 Å². The summed E-state index contributed by atoms with van der Waals surface area (Å²) in [6.45, 7) is 3.93. The van der Waals surface area contributed by atoms with E-state index in [4.69, 9.17) is 0 Å². The molecule has 30 heavy (non-hydrogen) atoms. The molecule has 3 heterocycles. The van der Waals surface area contributed by atoms with Crippen molar-refractivity contribution in [1.82, 2.24) is 20.5 Å². The van der Waals surface area contributed by atoms with Gasteiger partial charge in [-0.2, -0.15) is 0 Å². The topological polar surface area (TPSA) is 57.3 Å². The Morgan fingerprint density at radius 2 is 1.87 bits per heavy atom. The predicted octanol–water partition coefficient (Wildman–Crippen LogP) is 4.44. The fourth-order valence-electron chi connectivity index (χ4n) is 3.91. The second kappa shape index (κ2) is 10.4. The molecule has 2 N–H and O–H groups in total. The number of amides is 2. The number of benzene rings is 1. The largest absolute Gasteiger partial charge is 0.338 e. The van der Waals surface area contributed by atoms with Crippen molar-refractivity contribution in [3.63, 3.8) is 0 Å². The van der Waals surface area contributed by atoms with Crippen molar-refractivity contribution in [3.8, 4) is 0 Å². The molecule has 3 aromatic rings. The molecule has 0 spiro atoms. The molecule has 1 atom stereocenters. The quantitative estimate of drug-likeness (QED) is 0.594. The molecular weight excluding hydrogens is 392 g/mol. The third-order valence-corrected chi connectivity index (χ3v) is 6.47. The minimum absolute atomic E-state index is 0.143. The summed E-state index contributed by atoms with van der Waals surface area (Å²) < 4.78 is 0. The highest BCUT2D eigenvalue weighted by molar-refractivity contribution is 7.09. The van der Waals surface area contributed by atoms with Crippen LogP contribution >= 0.6 is 11.3 Å². The third-order valence-electron chi connectivity index (χ3n) is 5.61. The number of carbonyl (C=O) groups is 1. The van der Waals surface area contributed by atoms with Gasteiger partial charge < -0.3 is 10.6 Å². The van der Waals surface area contributed by atoms with E-state index in [0.717, 1.165) is 43.7 Å². The van der Waals surface area contributed by atoms with E-state index >= 15 is 0 Å². The van der Waals surface area contributed by atoms with Gasteiger partial charge in [-0.05, 0) is 61.0 Å². The summed E-state index contributed by atoms with van der Waals surface area (Å²) in [4.78, 5) is 21.0. The molecule has 1 unspecified atom stereocenters. The third kappa shape index (κ3) is 5.68. The summed E-state index contributed by atoms with van der Waals surface area (Å²) in [7, 11) is 0. The Morgan fingerprint density at radius 1 is 1.07 bits per heavy atom. The van der Waals surface area contributed by atoms with Crippen LogP contribution in [0.4, 0.5) is 4.79 Å². The van der Waals surface area contributed by atoms with E-state index in [1.165, 1.54) is 4.88 Å². The van der Waals surface area contributed by atoms with Gasteiger partial charge in [0.15, 0.2) is 0 Å². The molecule has 4 rings (SSSR count). The summed E-state index contributed by atoms with van der Waals surface area (Å²) in [5.41, 5.74) is 1.86. The molecular formula is C24H28N4OS. The van der Waals surface area contributed by atoms with Gasteiger partial charge in [0.25, 0.3) is 0 Å². The zero-order valence-electron chi connectivity index (χ0n) is 17.0. The van der Waals surface area contributed by atoms with Gasteiger partial charge in [-0.15, -0.1) is 11.3 Å². The van der Waals surface area contributed by atoms with Crippen LogP contribution in [0.5, 0.6) is 0 Å². The number of nitrogens with zero attached hydrogens (tertiary/aromatic N) is 2. The van der Waals surface area contributed by atoms with Crippen LogP contribution in [-0.4, -0.2) is 35.5 Å². The fourth-order valence-corrected chi connectivity index (χ4v) is 4.66. The van der Waals surface area contributed by atoms with E-state index in [-0.39, 0.29) is 12.1 Å². The number of hydrogen-bond donors (Lipinski definition) is 2. The van der Waals surface area contributed by atoms with E-state index in [2.05, 4.69) is 38.0 Å².